The van der Waals surface area contributed by atoms with Crippen LogP contribution in [0.25, 0.3) is 0 Å². The maximum Gasteiger partial charge on any atom is 0.0991 e. The minimum atomic E-state index is 0.569. The molecule has 0 aromatic heterocycles. The van der Waals surface area contributed by atoms with Crippen molar-refractivity contribution in [1.82, 2.24) is 4.90 Å². The van der Waals surface area contributed by atoms with E-state index >= 15 is 0 Å². The quantitative estimate of drug-likeness (QED) is 0.887. The molecule has 3 nitrogen and oxygen atoms in total. The molecule has 3 heteroatoms. The SMILES string of the molecule is CCN1CCC(Nc2ccc(C#N)cc2C)CC1. The van der Waals surface area contributed by atoms with Gasteiger partial charge in [0, 0.05) is 24.8 Å². The van der Waals surface area contributed by atoms with E-state index in [1.54, 1.807) is 0 Å². The van der Waals surface area contributed by atoms with Crippen LogP contribution in [0.5, 0.6) is 0 Å². The predicted octanol–water partition coefficient (Wildman–Crippen LogP) is 2.76. The van der Waals surface area contributed by atoms with Crippen LogP contribution in [0.2, 0.25) is 0 Å². The molecule has 1 fully saturated rings. The van der Waals surface area contributed by atoms with Crippen LogP contribution in [-0.2, 0) is 0 Å². The summed E-state index contributed by atoms with van der Waals surface area (Å²) in [7, 11) is 0. The minimum Gasteiger partial charge on any atom is -0.382 e. The average molecular weight is 243 g/mol. The summed E-state index contributed by atoms with van der Waals surface area (Å²) in [6.45, 7) is 7.80. The van der Waals surface area contributed by atoms with Crippen molar-refractivity contribution in [3.63, 3.8) is 0 Å². The van der Waals surface area contributed by atoms with Gasteiger partial charge in [-0.25, -0.2) is 0 Å². The Bertz CT molecular complexity index is 440. The number of likely N-dealkylation sites (tertiary alicyclic amines) is 1. The van der Waals surface area contributed by atoms with Crippen molar-refractivity contribution in [2.24, 2.45) is 0 Å². The van der Waals surface area contributed by atoms with Crippen molar-refractivity contribution in [3.8, 4) is 6.07 Å². The standard InChI is InChI=1S/C15H21N3/c1-3-18-8-6-14(7-9-18)17-15-5-4-13(11-16)10-12(15)2/h4-5,10,14,17H,3,6-9H2,1-2H3. The van der Waals surface area contributed by atoms with Gasteiger partial charge >= 0.3 is 0 Å². The van der Waals surface area contributed by atoms with E-state index in [9.17, 15) is 0 Å². The fourth-order valence-corrected chi connectivity index (χ4v) is 2.51. The molecule has 0 saturated carbocycles. The molecule has 1 aromatic rings. The van der Waals surface area contributed by atoms with Gasteiger partial charge in [0.1, 0.15) is 0 Å². The first-order valence-corrected chi connectivity index (χ1v) is 6.72. The molecule has 0 radical (unpaired) electrons. The first-order chi connectivity index (χ1) is 8.72. The number of nitrogens with one attached hydrogen (secondary N) is 1. The molecule has 1 aliphatic heterocycles. The summed E-state index contributed by atoms with van der Waals surface area (Å²) < 4.78 is 0. The highest BCUT2D eigenvalue weighted by Gasteiger charge is 2.18. The Hall–Kier alpha value is -1.53. The van der Waals surface area contributed by atoms with Crippen LogP contribution in [0.4, 0.5) is 5.69 Å². The Labute approximate surface area is 109 Å². The number of aryl methyl sites for hydroxylation is 1. The molecule has 1 N–H and O–H groups in total. The van der Waals surface area contributed by atoms with E-state index in [0.29, 0.717) is 6.04 Å². The Morgan fingerprint density at radius 2 is 2.11 bits per heavy atom. The van der Waals surface area contributed by atoms with Crippen LogP contribution in [0, 0.1) is 18.3 Å². The topological polar surface area (TPSA) is 39.1 Å². The second-order valence-corrected chi connectivity index (χ2v) is 4.99. The van der Waals surface area contributed by atoms with Crippen molar-refractivity contribution in [2.75, 3.05) is 25.0 Å². The summed E-state index contributed by atoms with van der Waals surface area (Å²) in [5.74, 6) is 0. The molecule has 2 rings (SSSR count). The van der Waals surface area contributed by atoms with Crippen molar-refractivity contribution in [1.29, 1.82) is 5.26 Å². The number of anilines is 1. The number of benzene rings is 1. The van der Waals surface area contributed by atoms with Gasteiger partial charge in [-0.3, -0.25) is 0 Å². The first-order valence-electron chi connectivity index (χ1n) is 6.72. The van der Waals surface area contributed by atoms with E-state index in [-0.39, 0.29) is 0 Å². The van der Waals surface area contributed by atoms with Gasteiger partial charge in [-0.15, -0.1) is 0 Å². The van der Waals surface area contributed by atoms with Crippen LogP contribution < -0.4 is 5.32 Å². The lowest BCUT2D eigenvalue weighted by Gasteiger charge is -2.32. The van der Waals surface area contributed by atoms with Crippen LogP contribution in [0.1, 0.15) is 30.9 Å². The highest BCUT2D eigenvalue weighted by atomic mass is 15.1. The molecule has 1 aliphatic rings. The number of hydrogen-bond donors (Lipinski definition) is 1. The molecular formula is C15H21N3. The van der Waals surface area contributed by atoms with Crippen molar-refractivity contribution >= 4 is 5.69 Å². The van der Waals surface area contributed by atoms with Gasteiger partial charge in [0.15, 0.2) is 0 Å². The summed E-state index contributed by atoms with van der Waals surface area (Å²) in [6.07, 6.45) is 2.40. The summed E-state index contributed by atoms with van der Waals surface area (Å²) in [6, 6.07) is 8.61. The molecule has 0 atom stereocenters. The maximum atomic E-state index is 8.85. The Morgan fingerprint density at radius 3 is 2.67 bits per heavy atom. The molecule has 0 spiro atoms. The maximum absolute atomic E-state index is 8.85. The van der Waals surface area contributed by atoms with Crippen LogP contribution in [-0.4, -0.2) is 30.6 Å². The van der Waals surface area contributed by atoms with Crippen LogP contribution in [0.15, 0.2) is 18.2 Å². The number of nitrogens with zero attached hydrogens (tertiary/aromatic N) is 2. The average Bonchev–Trinajstić information content (AvgIpc) is 2.42. The van der Waals surface area contributed by atoms with Crippen LogP contribution >= 0.6 is 0 Å². The molecule has 1 heterocycles. The van der Waals surface area contributed by atoms with Crippen molar-refractivity contribution in [3.05, 3.63) is 29.3 Å². The summed E-state index contributed by atoms with van der Waals surface area (Å²) >= 11 is 0. The fourth-order valence-electron chi connectivity index (χ4n) is 2.51. The number of piperidine rings is 1. The summed E-state index contributed by atoms with van der Waals surface area (Å²) in [5.41, 5.74) is 3.06. The third kappa shape index (κ3) is 3.02. The monoisotopic (exact) mass is 243 g/mol. The first kappa shape index (κ1) is 12.9. The molecular weight excluding hydrogens is 222 g/mol. The Balaban J connectivity index is 1.96. The van der Waals surface area contributed by atoms with Gasteiger partial charge in [-0.05, 0) is 50.1 Å². The minimum absolute atomic E-state index is 0.569. The smallest absolute Gasteiger partial charge is 0.0991 e. The third-order valence-corrected chi connectivity index (χ3v) is 3.75. The van der Waals surface area contributed by atoms with E-state index < -0.39 is 0 Å². The number of hydrogen-bond acceptors (Lipinski definition) is 3. The zero-order valence-electron chi connectivity index (χ0n) is 11.2. The molecule has 1 saturated heterocycles. The summed E-state index contributed by atoms with van der Waals surface area (Å²) in [5, 5.41) is 12.5. The van der Waals surface area contributed by atoms with E-state index in [1.165, 1.54) is 31.6 Å². The largest absolute Gasteiger partial charge is 0.382 e. The molecule has 96 valence electrons. The predicted molar refractivity (Wildman–Crippen MR) is 74.7 cm³/mol. The molecule has 0 aliphatic carbocycles. The highest BCUT2D eigenvalue weighted by molar-refractivity contribution is 5.54. The lowest BCUT2D eigenvalue weighted by Crippen LogP contribution is -2.38. The zero-order chi connectivity index (χ0) is 13.0. The van der Waals surface area contributed by atoms with Gasteiger partial charge in [0.05, 0.1) is 11.6 Å². The van der Waals surface area contributed by atoms with Gasteiger partial charge in [0.2, 0.25) is 0 Å². The fraction of sp³-hybridized carbons (Fsp3) is 0.533. The van der Waals surface area contributed by atoms with Gasteiger partial charge in [-0.2, -0.15) is 5.26 Å². The van der Waals surface area contributed by atoms with Gasteiger partial charge in [-0.1, -0.05) is 6.92 Å². The molecule has 0 bridgehead atoms. The molecule has 1 aromatic carbocycles. The normalized spacial score (nSPS) is 17.4. The van der Waals surface area contributed by atoms with Gasteiger partial charge < -0.3 is 10.2 Å². The van der Waals surface area contributed by atoms with E-state index in [0.717, 1.165) is 17.7 Å². The van der Waals surface area contributed by atoms with Crippen molar-refractivity contribution in [2.45, 2.75) is 32.7 Å². The van der Waals surface area contributed by atoms with E-state index in [4.69, 9.17) is 5.26 Å². The lowest BCUT2D eigenvalue weighted by molar-refractivity contribution is 0.229. The Morgan fingerprint density at radius 1 is 1.39 bits per heavy atom. The van der Waals surface area contributed by atoms with E-state index in [1.807, 2.05) is 18.2 Å². The van der Waals surface area contributed by atoms with Crippen molar-refractivity contribution < 1.29 is 0 Å². The van der Waals surface area contributed by atoms with Crippen LogP contribution in [0.3, 0.4) is 0 Å². The second-order valence-electron chi connectivity index (χ2n) is 4.99. The third-order valence-electron chi connectivity index (χ3n) is 3.75. The molecule has 0 unspecified atom stereocenters. The summed E-state index contributed by atoms with van der Waals surface area (Å²) in [4.78, 5) is 2.49. The number of nitriles is 1. The molecule has 18 heavy (non-hydrogen) atoms. The lowest BCUT2D eigenvalue weighted by atomic mass is 10.0. The number of rotatable bonds is 3. The van der Waals surface area contributed by atoms with E-state index in [2.05, 4.69) is 30.1 Å². The second kappa shape index (κ2) is 5.88. The van der Waals surface area contributed by atoms with Gasteiger partial charge in [0.25, 0.3) is 0 Å². The zero-order valence-corrected chi connectivity index (χ0v) is 11.2. The molecule has 0 amide bonds. The highest BCUT2D eigenvalue weighted by Crippen LogP contribution is 2.20. The Kier molecular flexibility index (Phi) is 4.22.